The topological polar surface area (TPSA) is 84.3 Å². The van der Waals surface area contributed by atoms with Crippen molar-refractivity contribution in [2.45, 2.75) is 0 Å². The fourth-order valence-corrected chi connectivity index (χ4v) is 2.18. The van der Waals surface area contributed by atoms with E-state index in [-0.39, 0.29) is 11.3 Å². The largest absolute Gasteiger partial charge is 0.383 e. The highest BCUT2D eigenvalue weighted by molar-refractivity contribution is 9.10. The van der Waals surface area contributed by atoms with Gasteiger partial charge < -0.3 is 10.6 Å². The Kier molecular flexibility index (Phi) is 4.54. The molecule has 2 aromatic rings. The van der Waals surface area contributed by atoms with Crippen LogP contribution in [-0.2, 0) is 0 Å². The third kappa shape index (κ3) is 3.38. The number of nitrogens with zero attached hydrogens (tertiary/aromatic N) is 1. The van der Waals surface area contributed by atoms with E-state index >= 15 is 0 Å². The molecule has 2 N–H and O–H groups in total. The Bertz CT molecular complexity index is 704. The first-order valence-corrected chi connectivity index (χ1v) is 6.84. The highest BCUT2D eigenvalue weighted by Gasteiger charge is 2.17. The summed E-state index contributed by atoms with van der Waals surface area (Å²) in [4.78, 5) is 22.6. The van der Waals surface area contributed by atoms with Gasteiger partial charge in [0, 0.05) is 23.2 Å². The van der Waals surface area contributed by atoms with E-state index in [0.29, 0.717) is 11.4 Å². The summed E-state index contributed by atoms with van der Waals surface area (Å²) in [6, 6.07) is 11.4. The fourth-order valence-electron chi connectivity index (χ4n) is 1.79. The van der Waals surface area contributed by atoms with Gasteiger partial charge in [0.15, 0.2) is 0 Å². The molecule has 0 saturated heterocycles. The van der Waals surface area contributed by atoms with E-state index in [4.69, 9.17) is 0 Å². The van der Waals surface area contributed by atoms with Crippen molar-refractivity contribution in [3.63, 3.8) is 0 Å². The van der Waals surface area contributed by atoms with Crippen LogP contribution in [0, 0.1) is 10.1 Å². The average molecular weight is 350 g/mol. The van der Waals surface area contributed by atoms with Crippen molar-refractivity contribution >= 4 is 38.9 Å². The second kappa shape index (κ2) is 6.36. The number of nitro benzene ring substituents is 1. The van der Waals surface area contributed by atoms with E-state index in [9.17, 15) is 14.9 Å². The Labute approximate surface area is 129 Å². The normalized spacial score (nSPS) is 10.0. The number of rotatable bonds is 4. The van der Waals surface area contributed by atoms with Gasteiger partial charge in [-0.3, -0.25) is 14.9 Å². The first-order chi connectivity index (χ1) is 10.0. The maximum Gasteiger partial charge on any atom is 0.293 e. The van der Waals surface area contributed by atoms with Crippen molar-refractivity contribution in [2.24, 2.45) is 0 Å². The molecule has 1 amide bonds. The summed E-state index contributed by atoms with van der Waals surface area (Å²) < 4.78 is 0.736. The zero-order valence-electron chi connectivity index (χ0n) is 11.1. The van der Waals surface area contributed by atoms with E-state index in [1.165, 1.54) is 18.2 Å². The Balaban J connectivity index is 2.30. The van der Waals surface area contributed by atoms with Crippen LogP contribution in [0.5, 0.6) is 0 Å². The minimum Gasteiger partial charge on any atom is -0.383 e. The molecular formula is C14H12BrN3O3. The van der Waals surface area contributed by atoms with Crippen LogP contribution in [0.25, 0.3) is 0 Å². The van der Waals surface area contributed by atoms with Gasteiger partial charge in [-0.25, -0.2) is 0 Å². The highest BCUT2D eigenvalue weighted by atomic mass is 79.9. The third-order valence-electron chi connectivity index (χ3n) is 2.85. The Morgan fingerprint density at radius 2 is 1.90 bits per heavy atom. The van der Waals surface area contributed by atoms with Crippen molar-refractivity contribution in [2.75, 3.05) is 17.7 Å². The second-order valence-corrected chi connectivity index (χ2v) is 5.03. The van der Waals surface area contributed by atoms with E-state index < -0.39 is 10.8 Å². The SMILES string of the molecule is CNc1ccc(C(=O)Nc2ccccc2Br)cc1[N+](=O)[O-]. The molecular weight excluding hydrogens is 338 g/mol. The number of carbonyl (C=O) groups is 1. The standard InChI is InChI=1S/C14H12BrN3O3/c1-16-12-7-6-9(8-13(12)18(20)21)14(19)17-11-5-3-2-4-10(11)15/h2-8,16H,1H3,(H,17,19). The highest BCUT2D eigenvalue weighted by Crippen LogP contribution is 2.26. The van der Waals surface area contributed by atoms with E-state index in [1.54, 1.807) is 25.2 Å². The molecule has 0 aliphatic rings. The summed E-state index contributed by atoms with van der Waals surface area (Å²) in [5.74, 6) is -0.410. The number of benzene rings is 2. The molecule has 0 aliphatic heterocycles. The average Bonchev–Trinajstić information content (AvgIpc) is 2.48. The molecule has 0 aliphatic carbocycles. The van der Waals surface area contributed by atoms with Crippen molar-refractivity contribution in [3.05, 3.63) is 62.6 Å². The van der Waals surface area contributed by atoms with Crippen LogP contribution in [0.4, 0.5) is 17.1 Å². The number of carbonyl (C=O) groups excluding carboxylic acids is 1. The van der Waals surface area contributed by atoms with Crippen molar-refractivity contribution < 1.29 is 9.72 Å². The number of hydrogen-bond donors (Lipinski definition) is 2. The number of para-hydroxylation sites is 1. The van der Waals surface area contributed by atoms with Gasteiger partial charge in [-0.15, -0.1) is 0 Å². The monoisotopic (exact) mass is 349 g/mol. The van der Waals surface area contributed by atoms with E-state index in [2.05, 4.69) is 26.6 Å². The molecule has 2 aromatic carbocycles. The Morgan fingerprint density at radius 3 is 2.52 bits per heavy atom. The summed E-state index contributed by atoms with van der Waals surface area (Å²) in [5, 5.41) is 16.4. The van der Waals surface area contributed by atoms with Crippen LogP contribution < -0.4 is 10.6 Å². The fraction of sp³-hybridized carbons (Fsp3) is 0.0714. The minimum absolute atomic E-state index is 0.141. The summed E-state index contributed by atoms with van der Waals surface area (Å²) in [7, 11) is 1.59. The Hall–Kier alpha value is -2.41. The van der Waals surface area contributed by atoms with Gasteiger partial charge in [0.25, 0.3) is 11.6 Å². The molecule has 0 atom stereocenters. The van der Waals surface area contributed by atoms with Crippen molar-refractivity contribution in [1.29, 1.82) is 0 Å². The first kappa shape index (κ1) is 15.0. The van der Waals surface area contributed by atoms with Gasteiger partial charge >= 0.3 is 0 Å². The smallest absolute Gasteiger partial charge is 0.293 e. The van der Waals surface area contributed by atoms with E-state index in [0.717, 1.165) is 4.47 Å². The number of anilines is 2. The zero-order valence-corrected chi connectivity index (χ0v) is 12.7. The van der Waals surface area contributed by atoms with Gasteiger partial charge in [-0.2, -0.15) is 0 Å². The number of nitro groups is 1. The molecule has 108 valence electrons. The summed E-state index contributed by atoms with van der Waals surface area (Å²) in [5.41, 5.74) is 1.04. The molecule has 0 radical (unpaired) electrons. The molecule has 0 fully saturated rings. The number of amides is 1. The van der Waals surface area contributed by atoms with Crippen LogP contribution in [0.1, 0.15) is 10.4 Å². The van der Waals surface area contributed by atoms with E-state index in [1.807, 2.05) is 6.07 Å². The zero-order chi connectivity index (χ0) is 15.4. The summed E-state index contributed by atoms with van der Waals surface area (Å²) in [6.07, 6.45) is 0. The van der Waals surface area contributed by atoms with Crippen molar-refractivity contribution in [1.82, 2.24) is 0 Å². The van der Waals surface area contributed by atoms with Crippen LogP contribution in [0.2, 0.25) is 0 Å². The lowest BCUT2D eigenvalue weighted by molar-refractivity contribution is -0.384. The molecule has 0 aromatic heterocycles. The maximum absolute atomic E-state index is 12.2. The minimum atomic E-state index is -0.527. The summed E-state index contributed by atoms with van der Waals surface area (Å²) in [6.45, 7) is 0. The maximum atomic E-state index is 12.2. The second-order valence-electron chi connectivity index (χ2n) is 4.17. The molecule has 0 bridgehead atoms. The van der Waals surface area contributed by atoms with Crippen molar-refractivity contribution in [3.8, 4) is 0 Å². The number of nitrogens with one attached hydrogen (secondary N) is 2. The lowest BCUT2D eigenvalue weighted by Gasteiger charge is -2.08. The van der Waals surface area contributed by atoms with Gasteiger partial charge in [0.2, 0.25) is 0 Å². The molecule has 0 unspecified atom stereocenters. The molecule has 2 rings (SSSR count). The first-order valence-electron chi connectivity index (χ1n) is 6.05. The Morgan fingerprint density at radius 1 is 1.19 bits per heavy atom. The molecule has 7 heteroatoms. The predicted octanol–water partition coefficient (Wildman–Crippen LogP) is 3.65. The quantitative estimate of drug-likeness (QED) is 0.651. The van der Waals surface area contributed by atoms with Crippen LogP contribution in [0.3, 0.4) is 0 Å². The van der Waals surface area contributed by atoms with Gasteiger partial charge in [0.05, 0.1) is 10.6 Å². The van der Waals surface area contributed by atoms with Gasteiger partial charge in [0.1, 0.15) is 5.69 Å². The molecule has 0 saturated carbocycles. The lowest BCUT2D eigenvalue weighted by Crippen LogP contribution is -2.12. The summed E-state index contributed by atoms with van der Waals surface area (Å²) >= 11 is 3.32. The van der Waals surface area contributed by atoms with Crippen LogP contribution >= 0.6 is 15.9 Å². The van der Waals surface area contributed by atoms with Crippen LogP contribution in [0.15, 0.2) is 46.9 Å². The molecule has 0 spiro atoms. The number of halogens is 1. The lowest BCUT2D eigenvalue weighted by atomic mass is 10.1. The van der Waals surface area contributed by atoms with Gasteiger partial charge in [-0.05, 0) is 40.2 Å². The third-order valence-corrected chi connectivity index (χ3v) is 3.54. The number of hydrogen-bond acceptors (Lipinski definition) is 4. The van der Waals surface area contributed by atoms with Gasteiger partial charge in [-0.1, -0.05) is 12.1 Å². The predicted molar refractivity (Wildman–Crippen MR) is 84.7 cm³/mol. The van der Waals surface area contributed by atoms with Crippen LogP contribution in [-0.4, -0.2) is 17.9 Å². The molecule has 0 heterocycles. The molecule has 6 nitrogen and oxygen atoms in total. The molecule has 21 heavy (non-hydrogen) atoms.